The third kappa shape index (κ3) is 3.38. The summed E-state index contributed by atoms with van der Waals surface area (Å²) in [6, 6.07) is 13.6. The van der Waals surface area contributed by atoms with E-state index in [2.05, 4.69) is 15.6 Å². The molecule has 7 heteroatoms. The fourth-order valence-corrected chi connectivity index (χ4v) is 4.74. The van der Waals surface area contributed by atoms with Gasteiger partial charge in [-0.15, -0.1) is 11.8 Å². The smallest absolute Gasteiger partial charge is 0.238 e. The van der Waals surface area contributed by atoms with E-state index in [0.717, 1.165) is 26.4 Å². The Balaban J connectivity index is 1.45. The van der Waals surface area contributed by atoms with Crippen LogP contribution in [0.25, 0.3) is 10.2 Å². The first-order valence-corrected chi connectivity index (χ1v) is 9.52. The number of rotatable bonds is 3. The molecule has 5 nitrogen and oxygen atoms in total. The number of thiazole rings is 1. The molecule has 0 fully saturated rings. The summed E-state index contributed by atoms with van der Waals surface area (Å²) >= 11 is 2.86. The van der Waals surface area contributed by atoms with E-state index >= 15 is 0 Å². The second-order valence-electron chi connectivity index (χ2n) is 5.83. The van der Waals surface area contributed by atoms with Crippen molar-refractivity contribution in [2.24, 2.45) is 0 Å². The molecule has 0 saturated heterocycles. The van der Waals surface area contributed by atoms with Crippen LogP contribution in [0.15, 0.2) is 47.4 Å². The second-order valence-corrected chi connectivity index (χ2v) is 8.11. The van der Waals surface area contributed by atoms with Crippen LogP contribution in [0.5, 0.6) is 0 Å². The number of carbonyl (C=O) groups excluding carboxylic acids is 2. The minimum atomic E-state index is -0.438. The van der Waals surface area contributed by atoms with Crippen molar-refractivity contribution < 1.29 is 9.59 Å². The van der Waals surface area contributed by atoms with Crippen molar-refractivity contribution in [1.82, 2.24) is 4.98 Å². The molecule has 2 amide bonds. The summed E-state index contributed by atoms with van der Waals surface area (Å²) in [4.78, 5) is 29.9. The second kappa shape index (κ2) is 6.50. The highest BCUT2D eigenvalue weighted by Crippen LogP contribution is 2.36. The molecule has 1 aliphatic rings. The number of benzene rings is 2. The maximum atomic E-state index is 12.3. The van der Waals surface area contributed by atoms with Crippen molar-refractivity contribution in [3.8, 4) is 0 Å². The molecule has 1 unspecified atom stereocenters. The van der Waals surface area contributed by atoms with Crippen molar-refractivity contribution in [2.75, 3.05) is 10.6 Å². The number of aryl methyl sites for hydroxylation is 1. The molecule has 126 valence electrons. The fraction of sp³-hybridized carbons (Fsp3) is 0.167. The first kappa shape index (κ1) is 16.1. The average molecular weight is 369 g/mol. The molecule has 2 aromatic carbocycles. The number of amides is 2. The molecular weight excluding hydrogens is 354 g/mol. The van der Waals surface area contributed by atoms with Gasteiger partial charge in [-0.3, -0.25) is 9.59 Å². The molecule has 2 N–H and O–H groups in total. The predicted molar refractivity (Wildman–Crippen MR) is 102 cm³/mol. The number of nitrogens with zero attached hydrogens (tertiary/aromatic N) is 1. The van der Waals surface area contributed by atoms with Gasteiger partial charge in [-0.1, -0.05) is 29.5 Å². The Morgan fingerprint density at radius 2 is 2.12 bits per heavy atom. The molecule has 3 aromatic rings. The van der Waals surface area contributed by atoms with Crippen LogP contribution in [0, 0.1) is 6.92 Å². The molecule has 0 radical (unpaired) electrons. The largest absolute Gasteiger partial charge is 0.324 e. The lowest BCUT2D eigenvalue weighted by Gasteiger charge is -2.23. The van der Waals surface area contributed by atoms with Crippen molar-refractivity contribution in [3.63, 3.8) is 0 Å². The highest BCUT2D eigenvalue weighted by atomic mass is 32.2. The summed E-state index contributed by atoms with van der Waals surface area (Å²) in [5.74, 6) is -0.346. The van der Waals surface area contributed by atoms with Gasteiger partial charge >= 0.3 is 0 Å². The van der Waals surface area contributed by atoms with Gasteiger partial charge in [-0.2, -0.15) is 0 Å². The van der Waals surface area contributed by atoms with E-state index in [4.69, 9.17) is 0 Å². The van der Waals surface area contributed by atoms with Crippen molar-refractivity contribution in [1.29, 1.82) is 0 Å². The van der Waals surface area contributed by atoms with Crippen LogP contribution >= 0.6 is 23.1 Å². The average Bonchev–Trinajstić information content (AvgIpc) is 2.96. The van der Waals surface area contributed by atoms with Gasteiger partial charge in [0.15, 0.2) is 5.13 Å². The molecule has 1 aromatic heterocycles. The van der Waals surface area contributed by atoms with Crippen LogP contribution in [0.2, 0.25) is 0 Å². The van der Waals surface area contributed by atoms with Gasteiger partial charge < -0.3 is 10.6 Å². The number of anilines is 2. The number of carbonyl (C=O) groups is 2. The van der Waals surface area contributed by atoms with Crippen LogP contribution in [0.1, 0.15) is 12.0 Å². The zero-order chi connectivity index (χ0) is 17.4. The minimum Gasteiger partial charge on any atom is -0.324 e. The lowest BCUT2D eigenvalue weighted by Crippen LogP contribution is -2.32. The van der Waals surface area contributed by atoms with Gasteiger partial charge in [0, 0.05) is 11.3 Å². The SMILES string of the molecule is Cc1ccc2nc(NC(=O)CC3Sc4ccccc4NC3=O)sc2c1. The van der Waals surface area contributed by atoms with Crippen LogP contribution in [-0.4, -0.2) is 22.0 Å². The number of hydrogen-bond acceptors (Lipinski definition) is 5. The highest BCUT2D eigenvalue weighted by Gasteiger charge is 2.29. The van der Waals surface area contributed by atoms with Crippen molar-refractivity contribution >= 4 is 55.9 Å². The van der Waals surface area contributed by atoms with Gasteiger partial charge in [0.25, 0.3) is 0 Å². The summed E-state index contributed by atoms with van der Waals surface area (Å²) in [5, 5.41) is 5.80. The molecule has 0 bridgehead atoms. The number of hydrogen-bond donors (Lipinski definition) is 2. The minimum absolute atomic E-state index is 0.111. The third-order valence-corrected chi connectivity index (χ3v) is 6.08. The van der Waals surface area contributed by atoms with E-state index in [1.807, 2.05) is 49.4 Å². The number of thioether (sulfide) groups is 1. The molecule has 0 aliphatic carbocycles. The fourth-order valence-electron chi connectivity index (χ4n) is 2.65. The Bertz CT molecular complexity index is 983. The molecule has 2 heterocycles. The zero-order valence-corrected chi connectivity index (χ0v) is 15.0. The van der Waals surface area contributed by atoms with Gasteiger partial charge in [0.05, 0.1) is 21.2 Å². The number of fused-ring (bicyclic) bond motifs is 2. The van der Waals surface area contributed by atoms with Crippen molar-refractivity contribution in [2.45, 2.75) is 23.5 Å². The Kier molecular flexibility index (Phi) is 4.19. The van der Waals surface area contributed by atoms with Gasteiger partial charge in [0.2, 0.25) is 11.8 Å². The Labute approximate surface area is 152 Å². The lowest BCUT2D eigenvalue weighted by atomic mass is 10.2. The quantitative estimate of drug-likeness (QED) is 0.731. The monoisotopic (exact) mass is 369 g/mol. The maximum Gasteiger partial charge on any atom is 0.238 e. The number of para-hydroxylation sites is 1. The maximum absolute atomic E-state index is 12.3. The summed E-state index contributed by atoms with van der Waals surface area (Å²) < 4.78 is 1.04. The summed E-state index contributed by atoms with van der Waals surface area (Å²) in [6.07, 6.45) is 0.111. The van der Waals surface area contributed by atoms with Crippen LogP contribution in [-0.2, 0) is 9.59 Å². The standard InChI is InChI=1S/C18H15N3O2S2/c1-10-6-7-12-14(8-10)25-18(20-12)21-16(22)9-15-17(23)19-11-4-2-3-5-13(11)24-15/h2-8,15H,9H2,1H3,(H,19,23)(H,20,21,22). The molecule has 1 aliphatic heterocycles. The first-order chi connectivity index (χ1) is 12.1. The highest BCUT2D eigenvalue weighted by molar-refractivity contribution is 8.01. The first-order valence-electron chi connectivity index (χ1n) is 7.82. The summed E-state index contributed by atoms with van der Waals surface area (Å²) in [6.45, 7) is 2.02. The van der Waals surface area contributed by atoms with E-state index in [1.54, 1.807) is 0 Å². The number of aromatic nitrogens is 1. The molecule has 4 rings (SSSR count). The van der Waals surface area contributed by atoms with Crippen LogP contribution < -0.4 is 10.6 Å². The van der Waals surface area contributed by atoms with E-state index in [1.165, 1.54) is 23.1 Å². The molecule has 1 atom stereocenters. The molecule has 25 heavy (non-hydrogen) atoms. The van der Waals surface area contributed by atoms with E-state index in [-0.39, 0.29) is 18.2 Å². The topological polar surface area (TPSA) is 71.1 Å². The zero-order valence-electron chi connectivity index (χ0n) is 13.4. The normalized spacial score (nSPS) is 16.4. The summed E-state index contributed by atoms with van der Waals surface area (Å²) in [7, 11) is 0. The van der Waals surface area contributed by atoms with Crippen molar-refractivity contribution in [3.05, 3.63) is 48.0 Å². The Morgan fingerprint density at radius 3 is 3.00 bits per heavy atom. The van der Waals surface area contributed by atoms with E-state index in [9.17, 15) is 9.59 Å². The Morgan fingerprint density at radius 1 is 1.28 bits per heavy atom. The molecule has 0 spiro atoms. The van der Waals surface area contributed by atoms with Gasteiger partial charge in [-0.05, 0) is 36.8 Å². The summed E-state index contributed by atoms with van der Waals surface area (Å²) in [5.41, 5.74) is 2.82. The number of nitrogens with one attached hydrogen (secondary N) is 2. The molecular formula is C18H15N3O2S2. The van der Waals surface area contributed by atoms with Gasteiger partial charge in [-0.25, -0.2) is 4.98 Å². The predicted octanol–water partition coefficient (Wildman–Crippen LogP) is 4.05. The Hall–Kier alpha value is -2.38. The van der Waals surface area contributed by atoms with Crippen LogP contribution in [0.3, 0.4) is 0 Å². The molecule has 0 saturated carbocycles. The lowest BCUT2D eigenvalue weighted by molar-refractivity contribution is -0.120. The van der Waals surface area contributed by atoms with Crippen LogP contribution in [0.4, 0.5) is 10.8 Å². The third-order valence-electron chi connectivity index (χ3n) is 3.87. The van der Waals surface area contributed by atoms with Gasteiger partial charge in [0.1, 0.15) is 0 Å². The van der Waals surface area contributed by atoms with E-state index in [0.29, 0.717) is 5.13 Å². The van der Waals surface area contributed by atoms with E-state index < -0.39 is 5.25 Å².